The average molecular weight is 269 g/mol. The predicted octanol–water partition coefficient (Wildman–Crippen LogP) is 3.29. The fourth-order valence-corrected chi connectivity index (χ4v) is 1.69. The highest BCUT2D eigenvalue weighted by Gasteiger charge is 2.12. The van der Waals surface area contributed by atoms with Crippen molar-refractivity contribution in [2.45, 2.75) is 6.61 Å². The molecule has 0 aliphatic rings. The number of carbonyl (C=O) groups is 1. The molecule has 2 heterocycles. The van der Waals surface area contributed by atoms with Crippen molar-refractivity contribution >= 4 is 5.97 Å². The van der Waals surface area contributed by atoms with Crippen LogP contribution in [-0.2, 0) is 11.3 Å². The van der Waals surface area contributed by atoms with Gasteiger partial charge >= 0.3 is 5.97 Å². The second-order valence-electron chi connectivity index (χ2n) is 4.05. The molecule has 0 unspecified atom stereocenters. The van der Waals surface area contributed by atoms with Gasteiger partial charge in [-0.2, -0.15) is 0 Å². The highest BCUT2D eigenvalue weighted by atomic mass is 16.6. The van der Waals surface area contributed by atoms with Crippen molar-refractivity contribution in [1.29, 1.82) is 0 Å². The molecule has 0 N–H and O–H groups in total. The minimum atomic E-state index is -0.535. The summed E-state index contributed by atoms with van der Waals surface area (Å²) in [6, 6.07) is 12.7. The van der Waals surface area contributed by atoms with Gasteiger partial charge in [0.1, 0.15) is 0 Å². The van der Waals surface area contributed by atoms with Crippen LogP contribution in [0.4, 0.5) is 0 Å². The molecule has 0 saturated heterocycles. The van der Waals surface area contributed by atoms with Crippen molar-refractivity contribution < 1.29 is 18.4 Å². The lowest BCUT2D eigenvalue weighted by atomic mass is 10.2. The molecule has 3 aromatic rings. The number of oxazole rings is 1. The summed E-state index contributed by atoms with van der Waals surface area (Å²) in [6.45, 7) is 0.0133. The predicted molar refractivity (Wildman–Crippen MR) is 69.8 cm³/mol. The van der Waals surface area contributed by atoms with Crippen molar-refractivity contribution in [3.8, 4) is 11.5 Å². The van der Waals surface area contributed by atoms with E-state index < -0.39 is 5.97 Å². The van der Waals surface area contributed by atoms with E-state index in [1.54, 1.807) is 6.07 Å². The molecule has 20 heavy (non-hydrogen) atoms. The Morgan fingerprint density at radius 1 is 1.15 bits per heavy atom. The summed E-state index contributed by atoms with van der Waals surface area (Å²) < 4.78 is 15.5. The minimum absolute atomic E-state index is 0.0133. The number of esters is 1. The standard InChI is InChI=1S/C15H11NO4/c17-15(13-7-4-8-18-13)19-10-12-9-16-14(20-12)11-5-2-1-3-6-11/h1-9H,10H2. The fraction of sp³-hybridized carbons (Fsp3) is 0.0667. The number of carbonyl (C=O) groups excluding carboxylic acids is 1. The van der Waals surface area contributed by atoms with Gasteiger partial charge in [0.25, 0.3) is 0 Å². The number of aromatic nitrogens is 1. The summed E-state index contributed by atoms with van der Waals surface area (Å²) in [5.74, 6) is 0.596. The molecule has 5 heteroatoms. The van der Waals surface area contributed by atoms with E-state index in [-0.39, 0.29) is 12.4 Å². The molecule has 0 amide bonds. The Morgan fingerprint density at radius 3 is 2.75 bits per heavy atom. The first kappa shape index (κ1) is 12.2. The molecule has 3 rings (SSSR count). The van der Waals surface area contributed by atoms with Gasteiger partial charge in [0.15, 0.2) is 12.4 Å². The van der Waals surface area contributed by atoms with Gasteiger partial charge in [0.2, 0.25) is 11.7 Å². The first-order valence-corrected chi connectivity index (χ1v) is 6.04. The Hall–Kier alpha value is -2.82. The van der Waals surface area contributed by atoms with E-state index in [1.165, 1.54) is 18.5 Å². The molecule has 0 radical (unpaired) electrons. The number of hydrogen-bond donors (Lipinski definition) is 0. The number of hydrogen-bond acceptors (Lipinski definition) is 5. The molecular weight excluding hydrogens is 258 g/mol. The lowest BCUT2D eigenvalue weighted by Crippen LogP contribution is -2.03. The van der Waals surface area contributed by atoms with Gasteiger partial charge in [0, 0.05) is 5.56 Å². The molecule has 0 aliphatic heterocycles. The zero-order valence-electron chi connectivity index (χ0n) is 10.5. The molecular formula is C15H11NO4. The molecule has 2 aromatic heterocycles. The number of furan rings is 1. The molecule has 0 spiro atoms. The largest absolute Gasteiger partial charge is 0.457 e. The summed E-state index contributed by atoms with van der Waals surface area (Å²) in [5.41, 5.74) is 0.871. The lowest BCUT2D eigenvalue weighted by Gasteiger charge is -1.99. The van der Waals surface area contributed by atoms with E-state index in [2.05, 4.69) is 4.98 Å². The number of nitrogens with zero attached hydrogens (tertiary/aromatic N) is 1. The first-order chi connectivity index (χ1) is 9.83. The highest BCUT2D eigenvalue weighted by molar-refractivity contribution is 5.86. The van der Waals surface area contributed by atoms with Crippen molar-refractivity contribution in [3.05, 3.63) is 66.4 Å². The monoisotopic (exact) mass is 269 g/mol. The zero-order valence-corrected chi connectivity index (χ0v) is 10.5. The van der Waals surface area contributed by atoms with Gasteiger partial charge in [-0.05, 0) is 24.3 Å². The molecule has 5 nitrogen and oxygen atoms in total. The summed E-state index contributed by atoms with van der Waals surface area (Å²) in [4.78, 5) is 15.7. The third-order valence-electron chi connectivity index (χ3n) is 2.64. The van der Waals surface area contributed by atoms with Gasteiger partial charge in [-0.25, -0.2) is 9.78 Å². The van der Waals surface area contributed by atoms with Gasteiger partial charge in [0.05, 0.1) is 12.5 Å². The van der Waals surface area contributed by atoms with Crippen LogP contribution in [0.15, 0.2) is 63.8 Å². The van der Waals surface area contributed by atoms with Crippen LogP contribution in [0.25, 0.3) is 11.5 Å². The Balaban J connectivity index is 1.65. The zero-order chi connectivity index (χ0) is 13.8. The number of rotatable bonds is 4. The quantitative estimate of drug-likeness (QED) is 0.680. The van der Waals surface area contributed by atoms with Crippen LogP contribution in [0.5, 0.6) is 0 Å². The molecule has 0 fully saturated rings. The molecule has 100 valence electrons. The molecule has 0 aliphatic carbocycles. The third-order valence-corrected chi connectivity index (χ3v) is 2.64. The smallest absolute Gasteiger partial charge is 0.374 e. The lowest BCUT2D eigenvalue weighted by molar-refractivity contribution is 0.0410. The summed E-state index contributed by atoms with van der Waals surface area (Å²) in [7, 11) is 0. The fourth-order valence-electron chi connectivity index (χ4n) is 1.69. The van der Waals surface area contributed by atoms with Crippen LogP contribution in [-0.4, -0.2) is 11.0 Å². The summed E-state index contributed by atoms with van der Waals surface area (Å²) in [5, 5.41) is 0. The van der Waals surface area contributed by atoms with Crippen molar-refractivity contribution in [1.82, 2.24) is 4.98 Å². The van der Waals surface area contributed by atoms with Crippen LogP contribution in [0.2, 0.25) is 0 Å². The van der Waals surface area contributed by atoms with Crippen molar-refractivity contribution in [2.24, 2.45) is 0 Å². The van der Waals surface area contributed by atoms with Gasteiger partial charge in [-0.15, -0.1) is 0 Å². The number of ether oxygens (including phenoxy) is 1. The Bertz CT molecular complexity index is 686. The van der Waals surface area contributed by atoms with Crippen LogP contribution in [0.1, 0.15) is 16.3 Å². The van der Waals surface area contributed by atoms with E-state index in [0.29, 0.717) is 11.7 Å². The maximum atomic E-state index is 11.6. The van der Waals surface area contributed by atoms with Crippen molar-refractivity contribution in [3.63, 3.8) is 0 Å². The molecule has 0 saturated carbocycles. The normalized spacial score (nSPS) is 10.4. The third kappa shape index (κ3) is 2.61. The topological polar surface area (TPSA) is 65.5 Å². The molecule has 0 atom stereocenters. The maximum absolute atomic E-state index is 11.6. The Labute approximate surface area is 114 Å². The SMILES string of the molecule is O=C(OCc1cnc(-c2ccccc2)o1)c1ccco1. The van der Waals surface area contributed by atoms with Crippen LogP contribution < -0.4 is 0 Å². The van der Waals surface area contributed by atoms with E-state index in [4.69, 9.17) is 13.6 Å². The Kier molecular flexibility index (Phi) is 3.33. The summed E-state index contributed by atoms with van der Waals surface area (Å²) in [6.07, 6.45) is 2.95. The van der Waals surface area contributed by atoms with Crippen LogP contribution in [0, 0.1) is 0 Å². The van der Waals surface area contributed by atoms with Gasteiger partial charge in [-0.3, -0.25) is 0 Å². The highest BCUT2D eigenvalue weighted by Crippen LogP contribution is 2.19. The second-order valence-corrected chi connectivity index (χ2v) is 4.05. The summed E-state index contributed by atoms with van der Waals surface area (Å²) >= 11 is 0. The van der Waals surface area contributed by atoms with Crippen molar-refractivity contribution in [2.75, 3.05) is 0 Å². The van der Waals surface area contributed by atoms with E-state index in [0.717, 1.165) is 5.56 Å². The molecule has 0 bridgehead atoms. The first-order valence-electron chi connectivity index (χ1n) is 6.04. The molecule has 1 aromatic carbocycles. The number of benzene rings is 1. The average Bonchev–Trinajstić information content (AvgIpc) is 3.17. The second kappa shape index (κ2) is 5.44. The van der Waals surface area contributed by atoms with E-state index in [9.17, 15) is 4.79 Å². The van der Waals surface area contributed by atoms with E-state index in [1.807, 2.05) is 30.3 Å². The van der Waals surface area contributed by atoms with E-state index >= 15 is 0 Å². The minimum Gasteiger partial charge on any atom is -0.457 e. The van der Waals surface area contributed by atoms with Crippen LogP contribution >= 0.6 is 0 Å². The maximum Gasteiger partial charge on any atom is 0.374 e. The van der Waals surface area contributed by atoms with Gasteiger partial charge in [-0.1, -0.05) is 18.2 Å². The van der Waals surface area contributed by atoms with Crippen LogP contribution in [0.3, 0.4) is 0 Å². The van der Waals surface area contributed by atoms with Gasteiger partial charge < -0.3 is 13.6 Å². The Morgan fingerprint density at radius 2 is 2.00 bits per heavy atom.